The van der Waals surface area contributed by atoms with Gasteiger partial charge in [0.1, 0.15) is 21.1 Å². The minimum Gasteiger partial charge on any atom is -0.481 e. The van der Waals surface area contributed by atoms with Crippen molar-refractivity contribution in [3.63, 3.8) is 0 Å². The van der Waals surface area contributed by atoms with Crippen LogP contribution in [-0.2, 0) is 9.59 Å². The van der Waals surface area contributed by atoms with Crippen molar-refractivity contribution in [3.05, 3.63) is 71.0 Å². The number of nitrogens with zero attached hydrogens (tertiary/aromatic N) is 10. The van der Waals surface area contributed by atoms with E-state index < -0.39 is 5.97 Å². The molecule has 0 unspecified atom stereocenters. The zero-order valence-electron chi connectivity index (χ0n) is 29.4. The Bertz CT molecular complexity index is 2250. The van der Waals surface area contributed by atoms with Crippen LogP contribution in [-0.4, -0.2) is 85.5 Å². The van der Waals surface area contributed by atoms with Gasteiger partial charge in [-0.25, -0.2) is 9.97 Å². The fourth-order valence-electron chi connectivity index (χ4n) is 6.87. The summed E-state index contributed by atoms with van der Waals surface area (Å²) in [5.41, 5.74) is 3.16. The highest BCUT2D eigenvalue weighted by molar-refractivity contribution is 6.32. The predicted molar refractivity (Wildman–Crippen MR) is 204 cm³/mol. The molecule has 4 aromatic heterocycles. The highest BCUT2D eigenvalue weighted by atomic mass is 35.5. The van der Waals surface area contributed by atoms with Gasteiger partial charge >= 0.3 is 5.97 Å². The van der Waals surface area contributed by atoms with Gasteiger partial charge in [-0.1, -0.05) is 57.9 Å². The summed E-state index contributed by atoms with van der Waals surface area (Å²) in [5, 5.41) is 36.1. The van der Waals surface area contributed by atoms with E-state index in [1.807, 2.05) is 55.5 Å². The molecule has 4 N–H and O–H groups in total. The molecular formula is C36H39Cl2N13O3. The van der Waals surface area contributed by atoms with Crippen LogP contribution in [0.25, 0.3) is 33.7 Å². The molecule has 6 aromatic rings. The number of aromatic nitrogens is 10. The smallest absolute Gasteiger partial charge is 0.306 e. The number of aliphatic carboxylic acids is 1. The Morgan fingerprint density at radius 1 is 0.704 bits per heavy atom. The number of carbonyl (C=O) groups excluding carboxylic acids is 1. The Kier molecular flexibility index (Phi) is 11.4. The van der Waals surface area contributed by atoms with Crippen molar-refractivity contribution in [2.45, 2.75) is 70.4 Å². The van der Waals surface area contributed by atoms with E-state index in [9.17, 15) is 9.59 Å². The third-order valence-corrected chi connectivity index (χ3v) is 10.3. The topological polar surface area (TPSA) is 203 Å². The number of carboxylic acids is 1. The first-order valence-corrected chi connectivity index (χ1v) is 18.7. The molecule has 1 amide bonds. The number of rotatable bonds is 9. The Morgan fingerprint density at radius 3 is 1.59 bits per heavy atom. The number of carboxylic acid groups (broad SMARTS) is 1. The summed E-state index contributed by atoms with van der Waals surface area (Å²) in [6.07, 6.45) is 9.46. The van der Waals surface area contributed by atoms with E-state index in [0.29, 0.717) is 53.0 Å². The molecule has 0 saturated heterocycles. The van der Waals surface area contributed by atoms with Crippen LogP contribution in [0.15, 0.2) is 60.9 Å². The average molecular weight is 773 g/mol. The van der Waals surface area contributed by atoms with Crippen molar-refractivity contribution < 1.29 is 14.7 Å². The summed E-state index contributed by atoms with van der Waals surface area (Å²) in [7, 11) is 0. The highest BCUT2D eigenvalue weighted by Gasteiger charge is 2.28. The van der Waals surface area contributed by atoms with E-state index in [-0.39, 0.29) is 29.8 Å². The molecule has 16 nitrogen and oxygen atoms in total. The summed E-state index contributed by atoms with van der Waals surface area (Å²) in [4.78, 5) is 40.7. The van der Waals surface area contributed by atoms with Gasteiger partial charge in [-0.2, -0.15) is 19.3 Å². The van der Waals surface area contributed by atoms with E-state index in [1.165, 1.54) is 6.20 Å². The lowest BCUT2D eigenvalue weighted by atomic mass is 9.85. The fraction of sp³-hybridized carbons (Fsp3) is 0.389. The monoisotopic (exact) mass is 771 g/mol. The maximum atomic E-state index is 12.0. The summed E-state index contributed by atoms with van der Waals surface area (Å²) >= 11 is 12.6. The normalized spacial score (nSPS) is 19.8. The number of hydrogen-bond acceptors (Lipinski definition) is 12. The number of para-hydroxylation sites is 2. The van der Waals surface area contributed by atoms with Crippen LogP contribution in [0.3, 0.4) is 0 Å². The second-order valence-electron chi connectivity index (χ2n) is 13.3. The van der Waals surface area contributed by atoms with Crippen molar-refractivity contribution in [2.24, 2.45) is 11.8 Å². The number of amides is 1. The summed E-state index contributed by atoms with van der Waals surface area (Å²) in [6.45, 7) is 2.62. The predicted octanol–water partition coefficient (Wildman–Crippen LogP) is 5.89. The van der Waals surface area contributed by atoms with Crippen LogP contribution in [0.4, 0.5) is 11.9 Å². The Hall–Kier alpha value is -5.48. The molecule has 18 heteroatoms. The molecule has 8 rings (SSSR count). The number of carbonyl (C=O) groups is 2. The zero-order valence-corrected chi connectivity index (χ0v) is 31.0. The first-order chi connectivity index (χ1) is 26.3. The number of hydrogen-bond donors (Lipinski definition) is 4. The molecule has 4 heterocycles. The van der Waals surface area contributed by atoms with Gasteiger partial charge in [-0.15, -0.1) is 10.2 Å². The highest BCUT2D eigenvalue weighted by Crippen LogP contribution is 2.29. The SMILES string of the molecule is CCNC(=O)C1CCC(Nc2ncc(Cl)c(-n3nnc4ccccc43)n2)CC1.O=C(O)C1CCC(Nc2ncc(Cl)c(-n3nnc4ccccc43)n2)CC1. The summed E-state index contributed by atoms with van der Waals surface area (Å²) < 4.78 is 3.21. The van der Waals surface area contributed by atoms with Crippen molar-refractivity contribution in [2.75, 3.05) is 17.2 Å². The van der Waals surface area contributed by atoms with Crippen LogP contribution < -0.4 is 16.0 Å². The zero-order chi connectivity index (χ0) is 37.6. The van der Waals surface area contributed by atoms with Crippen molar-refractivity contribution in [1.82, 2.24) is 55.2 Å². The van der Waals surface area contributed by atoms with Crippen LogP contribution in [0.5, 0.6) is 0 Å². The lowest BCUT2D eigenvalue weighted by Crippen LogP contribution is -2.36. The fourth-order valence-corrected chi connectivity index (χ4v) is 7.21. The molecule has 0 bridgehead atoms. The maximum Gasteiger partial charge on any atom is 0.306 e. The first-order valence-electron chi connectivity index (χ1n) is 18.0. The van der Waals surface area contributed by atoms with Gasteiger partial charge < -0.3 is 21.1 Å². The number of halogens is 2. The van der Waals surface area contributed by atoms with E-state index in [0.717, 1.165) is 60.6 Å². The van der Waals surface area contributed by atoms with Gasteiger partial charge in [0.2, 0.25) is 17.8 Å². The molecule has 0 aliphatic heterocycles. The Balaban J connectivity index is 0.000000167. The van der Waals surface area contributed by atoms with E-state index in [1.54, 1.807) is 15.6 Å². The summed E-state index contributed by atoms with van der Waals surface area (Å²) in [6, 6.07) is 15.6. The van der Waals surface area contributed by atoms with Crippen LogP contribution >= 0.6 is 23.2 Å². The van der Waals surface area contributed by atoms with E-state index in [2.05, 4.69) is 56.5 Å². The minimum atomic E-state index is -0.716. The third kappa shape index (κ3) is 8.34. The van der Waals surface area contributed by atoms with Crippen molar-refractivity contribution in [3.8, 4) is 11.6 Å². The standard InChI is InChI=1S/C19H22ClN7O.C17H17ClN6O2/c1-2-21-18(28)12-7-9-13(10-8-12)23-19-22-11-14(20)17(24-19)27-16-6-4-3-5-15(16)25-26-27;18-12-9-19-17(20-11-7-5-10(6-8-11)16(25)26)21-15(12)24-14-4-2-1-3-13(14)22-23-24/h3-6,11-13H,2,7-10H2,1H3,(H,21,28)(H,22,23,24);1-4,9-11H,5-8H2,(H,25,26)(H,19,20,21). The molecular weight excluding hydrogens is 733 g/mol. The second-order valence-corrected chi connectivity index (χ2v) is 14.1. The molecule has 2 aromatic carbocycles. The first kappa shape index (κ1) is 36.9. The molecule has 2 fully saturated rings. The van der Waals surface area contributed by atoms with Crippen LogP contribution in [0.2, 0.25) is 10.0 Å². The molecule has 2 aliphatic carbocycles. The van der Waals surface area contributed by atoms with Crippen LogP contribution in [0, 0.1) is 11.8 Å². The molecule has 54 heavy (non-hydrogen) atoms. The maximum absolute atomic E-state index is 12.0. The molecule has 0 radical (unpaired) electrons. The quantitative estimate of drug-likeness (QED) is 0.136. The van der Waals surface area contributed by atoms with Crippen molar-refractivity contribution >= 4 is 69.0 Å². The molecule has 0 atom stereocenters. The molecule has 0 spiro atoms. The molecule has 2 saturated carbocycles. The van der Waals surface area contributed by atoms with Gasteiger partial charge in [0, 0.05) is 24.5 Å². The number of benzene rings is 2. The summed E-state index contributed by atoms with van der Waals surface area (Å²) in [5.74, 6) is 1.18. The minimum absolute atomic E-state index is 0.0983. The Labute approximate surface area is 320 Å². The van der Waals surface area contributed by atoms with E-state index >= 15 is 0 Å². The second kappa shape index (κ2) is 16.7. The van der Waals surface area contributed by atoms with Gasteiger partial charge in [-0.3, -0.25) is 9.59 Å². The lowest BCUT2D eigenvalue weighted by Gasteiger charge is -2.28. The van der Waals surface area contributed by atoms with Gasteiger partial charge in [-0.05, 0) is 82.6 Å². The largest absolute Gasteiger partial charge is 0.481 e. The van der Waals surface area contributed by atoms with Gasteiger partial charge in [0.15, 0.2) is 11.6 Å². The number of nitrogens with one attached hydrogen (secondary N) is 3. The van der Waals surface area contributed by atoms with Gasteiger partial charge in [0.05, 0.1) is 29.3 Å². The number of fused-ring (bicyclic) bond motifs is 2. The van der Waals surface area contributed by atoms with Crippen molar-refractivity contribution in [1.29, 1.82) is 0 Å². The average Bonchev–Trinajstić information content (AvgIpc) is 3.82. The molecule has 280 valence electrons. The Morgan fingerprint density at radius 2 is 1.15 bits per heavy atom. The third-order valence-electron chi connectivity index (χ3n) is 9.75. The van der Waals surface area contributed by atoms with E-state index in [4.69, 9.17) is 28.3 Å². The van der Waals surface area contributed by atoms with Gasteiger partial charge in [0.25, 0.3) is 0 Å². The lowest BCUT2D eigenvalue weighted by molar-refractivity contribution is -0.142. The van der Waals surface area contributed by atoms with Crippen LogP contribution in [0.1, 0.15) is 58.3 Å². The number of anilines is 2. The molecule has 2 aliphatic rings.